The van der Waals surface area contributed by atoms with Crippen LogP contribution in [0.1, 0.15) is 0 Å². The van der Waals surface area contributed by atoms with Gasteiger partial charge in [0.05, 0.1) is 0 Å². The van der Waals surface area contributed by atoms with Gasteiger partial charge >= 0.3 is 0 Å². The molecule has 46 valence electrons. The summed E-state index contributed by atoms with van der Waals surface area (Å²) < 4.78 is 0.924. The van der Waals surface area contributed by atoms with Gasteiger partial charge in [0.2, 0.25) is 0 Å². The number of nitrogens with one attached hydrogen (secondary N) is 1. The van der Waals surface area contributed by atoms with Crippen molar-refractivity contribution in [1.29, 1.82) is 0 Å². The first-order chi connectivity index (χ1) is 2.39. The molecule has 0 aliphatic carbocycles. The van der Waals surface area contributed by atoms with E-state index in [1.54, 1.807) is 0 Å². The molecule has 0 amide bonds. The number of alkyl halides is 1. The molecular weight excluding hydrogens is 248 g/mol. The third kappa shape index (κ3) is 3.82. The van der Waals surface area contributed by atoms with Gasteiger partial charge in [-0.25, -0.2) is 0 Å². The van der Waals surface area contributed by atoms with E-state index in [1.807, 2.05) is 0 Å². The first-order valence-electron chi connectivity index (χ1n) is 1.74. The van der Waals surface area contributed by atoms with Crippen molar-refractivity contribution < 1.29 is 0 Å². The molecule has 1 fully saturated rings. The average molecular weight is 256 g/mol. The molecular formula is C3H8Cl2IN. The third-order valence-corrected chi connectivity index (χ3v) is 1.61. The van der Waals surface area contributed by atoms with E-state index in [9.17, 15) is 0 Å². The van der Waals surface area contributed by atoms with Gasteiger partial charge in [-0.3, -0.25) is 0 Å². The van der Waals surface area contributed by atoms with Gasteiger partial charge in [0.25, 0.3) is 0 Å². The van der Waals surface area contributed by atoms with Crippen LogP contribution in [0.15, 0.2) is 0 Å². The fourth-order valence-corrected chi connectivity index (χ4v) is 0.876. The summed E-state index contributed by atoms with van der Waals surface area (Å²) in [5.41, 5.74) is 0. The van der Waals surface area contributed by atoms with Gasteiger partial charge < -0.3 is 5.32 Å². The van der Waals surface area contributed by atoms with Crippen LogP contribution in [0, 0.1) is 0 Å². The molecule has 0 spiro atoms. The van der Waals surface area contributed by atoms with Crippen molar-refractivity contribution in [2.75, 3.05) is 13.1 Å². The second-order valence-electron chi connectivity index (χ2n) is 1.26. The predicted octanol–water partition coefficient (Wildman–Crippen LogP) is 1.24. The highest BCUT2D eigenvalue weighted by Gasteiger charge is 2.09. The van der Waals surface area contributed by atoms with Crippen molar-refractivity contribution in [1.82, 2.24) is 5.32 Å². The molecule has 1 rings (SSSR count). The summed E-state index contributed by atoms with van der Waals surface area (Å²) in [6.45, 7) is 2.45. The van der Waals surface area contributed by atoms with Crippen molar-refractivity contribution in [3.63, 3.8) is 0 Å². The van der Waals surface area contributed by atoms with Crippen molar-refractivity contribution >= 4 is 47.4 Å². The average Bonchev–Trinajstić information content (AvgIpc) is 1.30. The lowest BCUT2D eigenvalue weighted by Gasteiger charge is -2.19. The van der Waals surface area contributed by atoms with Crippen LogP contribution in [0.4, 0.5) is 0 Å². The standard InChI is InChI=1S/C3H6IN.2ClH/c4-3-1-5-2-3;;/h3,5H,1-2H2;2*1H. The monoisotopic (exact) mass is 255 g/mol. The fourth-order valence-electron chi connectivity index (χ4n) is 0.253. The van der Waals surface area contributed by atoms with Crippen molar-refractivity contribution in [2.24, 2.45) is 0 Å². The smallest absolute Gasteiger partial charge is 0.0359 e. The van der Waals surface area contributed by atoms with Gasteiger partial charge in [-0.05, 0) is 0 Å². The van der Waals surface area contributed by atoms with Crippen LogP contribution in [0.5, 0.6) is 0 Å². The molecule has 1 aliphatic rings. The Hall–Kier alpha value is 1.27. The van der Waals surface area contributed by atoms with Crippen LogP contribution in [-0.4, -0.2) is 17.0 Å². The molecule has 1 saturated heterocycles. The van der Waals surface area contributed by atoms with E-state index in [2.05, 4.69) is 27.9 Å². The molecule has 0 saturated carbocycles. The summed E-state index contributed by atoms with van der Waals surface area (Å²) in [4.78, 5) is 0. The Kier molecular flexibility index (Phi) is 8.59. The van der Waals surface area contributed by atoms with Crippen molar-refractivity contribution in [2.45, 2.75) is 3.92 Å². The first kappa shape index (κ1) is 11.1. The molecule has 0 aromatic heterocycles. The van der Waals surface area contributed by atoms with Crippen molar-refractivity contribution in [3.8, 4) is 0 Å². The molecule has 7 heavy (non-hydrogen) atoms. The van der Waals surface area contributed by atoms with Gasteiger partial charge in [0.15, 0.2) is 0 Å². The summed E-state index contributed by atoms with van der Waals surface area (Å²) in [6, 6.07) is 0. The van der Waals surface area contributed by atoms with Crippen LogP contribution < -0.4 is 5.32 Å². The Bertz CT molecular complexity index is 39.9. The molecule has 1 N–H and O–H groups in total. The Morgan fingerprint density at radius 3 is 1.57 bits per heavy atom. The van der Waals surface area contributed by atoms with Crippen LogP contribution in [0.3, 0.4) is 0 Å². The van der Waals surface area contributed by atoms with Crippen LogP contribution >= 0.6 is 47.4 Å². The van der Waals surface area contributed by atoms with E-state index < -0.39 is 0 Å². The van der Waals surface area contributed by atoms with Gasteiger partial charge in [0, 0.05) is 17.0 Å². The van der Waals surface area contributed by atoms with E-state index in [1.165, 1.54) is 13.1 Å². The molecule has 0 aromatic rings. The van der Waals surface area contributed by atoms with Gasteiger partial charge in [0.1, 0.15) is 0 Å². The summed E-state index contributed by atoms with van der Waals surface area (Å²) >= 11 is 2.43. The minimum absolute atomic E-state index is 0. The topological polar surface area (TPSA) is 12.0 Å². The maximum Gasteiger partial charge on any atom is 0.0359 e. The summed E-state index contributed by atoms with van der Waals surface area (Å²) in [5, 5.41) is 3.15. The Morgan fingerprint density at radius 1 is 1.29 bits per heavy atom. The van der Waals surface area contributed by atoms with Gasteiger partial charge in [-0.1, -0.05) is 22.6 Å². The number of rotatable bonds is 0. The zero-order valence-electron chi connectivity index (χ0n) is 3.69. The maximum atomic E-state index is 3.15. The highest BCUT2D eigenvalue weighted by atomic mass is 127. The first-order valence-corrected chi connectivity index (χ1v) is 2.99. The van der Waals surface area contributed by atoms with E-state index in [0.29, 0.717) is 0 Å². The molecule has 1 nitrogen and oxygen atoms in total. The van der Waals surface area contributed by atoms with Gasteiger partial charge in [-0.15, -0.1) is 24.8 Å². The van der Waals surface area contributed by atoms with E-state index in [0.717, 1.165) is 3.92 Å². The van der Waals surface area contributed by atoms with Gasteiger partial charge in [-0.2, -0.15) is 0 Å². The normalized spacial score (nSPS) is 18.4. The van der Waals surface area contributed by atoms with E-state index in [4.69, 9.17) is 0 Å². The molecule has 1 aliphatic heterocycles. The molecule has 0 aromatic carbocycles. The highest BCUT2D eigenvalue weighted by Crippen LogP contribution is 2.02. The quantitative estimate of drug-likeness (QED) is 0.507. The molecule has 0 unspecified atom stereocenters. The third-order valence-electron chi connectivity index (χ3n) is 0.732. The zero-order chi connectivity index (χ0) is 3.70. The number of halogens is 3. The Balaban J connectivity index is 0. The van der Waals surface area contributed by atoms with Crippen molar-refractivity contribution in [3.05, 3.63) is 0 Å². The predicted molar refractivity (Wildman–Crippen MR) is 45.2 cm³/mol. The largest absolute Gasteiger partial charge is 0.315 e. The molecule has 0 radical (unpaired) electrons. The van der Waals surface area contributed by atoms with Crippen LogP contribution in [0.25, 0.3) is 0 Å². The number of hydrogen-bond acceptors (Lipinski definition) is 1. The van der Waals surface area contributed by atoms with E-state index >= 15 is 0 Å². The minimum atomic E-state index is 0. The second kappa shape index (κ2) is 5.41. The summed E-state index contributed by atoms with van der Waals surface area (Å²) in [5.74, 6) is 0. The lowest BCUT2D eigenvalue weighted by molar-refractivity contribution is 0.561. The van der Waals surface area contributed by atoms with Crippen LogP contribution in [0.2, 0.25) is 0 Å². The summed E-state index contributed by atoms with van der Waals surface area (Å²) in [6.07, 6.45) is 0. The number of hydrogen-bond donors (Lipinski definition) is 1. The Labute approximate surface area is 69.6 Å². The molecule has 1 heterocycles. The second-order valence-corrected chi connectivity index (χ2v) is 3.02. The fraction of sp³-hybridized carbons (Fsp3) is 1.00. The minimum Gasteiger partial charge on any atom is -0.315 e. The zero-order valence-corrected chi connectivity index (χ0v) is 7.48. The maximum absolute atomic E-state index is 3.15. The lowest BCUT2D eigenvalue weighted by Crippen LogP contribution is -2.42. The Morgan fingerprint density at radius 2 is 1.57 bits per heavy atom. The molecule has 0 bridgehead atoms. The van der Waals surface area contributed by atoms with Crippen LogP contribution in [-0.2, 0) is 0 Å². The lowest BCUT2D eigenvalue weighted by atomic mass is 10.3. The summed E-state index contributed by atoms with van der Waals surface area (Å²) in [7, 11) is 0. The molecule has 0 atom stereocenters. The highest BCUT2D eigenvalue weighted by molar-refractivity contribution is 14.1. The SMILES string of the molecule is Cl.Cl.IC1CNC1. The molecule has 4 heteroatoms. The van der Waals surface area contributed by atoms with E-state index in [-0.39, 0.29) is 24.8 Å².